The number of ether oxygens (including phenoxy) is 2. The van der Waals surface area contributed by atoms with Gasteiger partial charge in [0.1, 0.15) is 16.7 Å². The number of methoxy groups -OCH3 is 2. The first-order valence-corrected chi connectivity index (χ1v) is 11.4. The quantitative estimate of drug-likeness (QED) is 0.432. The number of nitrogen functional groups attached to an aromatic ring is 1. The molecule has 32 heavy (non-hydrogen) atoms. The van der Waals surface area contributed by atoms with Gasteiger partial charge < -0.3 is 20.2 Å². The number of likely N-dealkylation sites (tertiary alicyclic amines) is 1. The van der Waals surface area contributed by atoms with E-state index in [2.05, 4.69) is 10.2 Å². The maximum atomic E-state index is 13.4. The van der Waals surface area contributed by atoms with E-state index in [1.165, 1.54) is 16.4 Å². The topological polar surface area (TPSA) is 95.5 Å². The second-order valence-electron chi connectivity index (χ2n) is 7.54. The van der Waals surface area contributed by atoms with Gasteiger partial charge in [-0.25, -0.2) is 4.68 Å². The maximum Gasteiger partial charge on any atom is 0.240 e. The molecule has 1 unspecified atom stereocenters. The van der Waals surface area contributed by atoms with Gasteiger partial charge in [0.2, 0.25) is 11.1 Å². The van der Waals surface area contributed by atoms with Crippen LogP contribution in [0.3, 0.4) is 0 Å². The third-order valence-electron chi connectivity index (χ3n) is 5.53. The van der Waals surface area contributed by atoms with Crippen molar-refractivity contribution in [1.82, 2.24) is 19.8 Å². The molecule has 1 aliphatic heterocycles. The summed E-state index contributed by atoms with van der Waals surface area (Å²) in [5, 5.41) is 8.59. The minimum atomic E-state index is -0.452. The highest BCUT2D eigenvalue weighted by atomic mass is 32.2. The number of rotatable bonds is 7. The standard InChI is InChI=1S/C23H27N5O3S/c1-30-17-11-12-18(19(15-17)31-2)21-25-26-23(28(21)24)32-20(16-9-5-3-6-10-16)22(29)27-13-7-4-8-14-27/h3,5-6,9-12,15,20H,4,7-8,13-14,24H2,1-2H3. The zero-order chi connectivity index (χ0) is 22.5. The van der Waals surface area contributed by atoms with Crippen molar-refractivity contribution in [3.8, 4) is 22.9 Å². The first-order valence-electron chi connectivity index (χ1n) is 10.6. The molecule has 2 N–H and O–H groups in total. The fourth-order valence-electron chi connectivity index (χ4n) is 3.80. The van der Waals surface area contributed by atoms with Crippen molar-refractivity contribution in [3.05, 3.63) is 54.1 Å². The molecule has 0 bridgehead atoms. The Morgan fingerprint density at radius 1 is 1.03 bits per heavy atom. The van der Waals surface area contributed by atoms with Gasteiger partial charge in [0.15, 0.2) is 5.82 Å². The van der Waals surface area contributed by atoms with E-state index >= 15 is 0 Å². The number of carbonyl (C=O) groups excluding carboxylic acids is 1. The summed E-state index contributed by atoms with van der Waals surface area (Å²) in [6.07, 6.45) is 3.23. The molecule has 1 fully saturated rings. The first kappa shape index (κ1) is 22.0. The molecule has 168 valence electrons. The Hall–Kier alpha value is -3.20. The monoisotopic (exact) mass is 453 g/mol. The molecule has 2 aromatic carbocycles. The summed E-state index contributed by atoms with van der Waals surface area (Å²) in [6.45, 7) is 1.57. The minimum absolute atomic E-state index is 0.0764. The van der Waals surface area contributed by atoms with Gasteiger partial charge in [-0.3, -0.25) is 4.79 Å². The molecular formula is C23H27N5O3S. The first-order chi connectivity index (χ1) is 15.6. The number of amides is 1. The number of aromatic nitrogens is 3. The van der Waals surface area contributed by atoms with Crippen LogP contribution < -0.4 is 15.3 Å². The Morgan fingerprint density at radius 2 is 1.78 bits per heavy atom. The Labute approximate surface area is 191 Å². The predicted octanol–water partition coefficient (Wildman–Crippen LogP) is 3.52. The van der Waals surface area contributed by atoms with E-state index in [1.807, 2.05) is 47.4 Å². The maximum absolute atomic E-state index is 13.4. The van der Waals surface area contributed by atoms with E-state index in [9.17, 15) is 4.79 Å². The van der Waals surface area contributed by atoms with Gasteiger partial charge in [0, 0.05) is 19.2 Å². The van der Waals surface area contributed by atoms with Gasteiger partial charge in [-0.15, -0.1) is 10.2 Å². The summed E-state index contributed by atoms with van der Waals surface area (Å²) in [6, 6.07) is 15.1. The fourth-order valence-corrected chi connectivity index (χ4v) is 4.84. The highest BCUT2D eigenvalue weighted by Crippen LogP contribution is 2.38. The molecule has 0 radical (unpaired) electrons. The molecule has 4 rings (SSSR count). The molecule has 2 heterocycles. The van der Waals surface area contributed by atoms with Crippen molar-refractivity contribution in [2.75, 3.05) is 33.2 Å². The number of thioether (sulfide) groups is 1. The summed E-state index contributed by atoms with van der Waals surface area (Å²) in [7, 11) is 3.17. The molecule has 0 spiro atoms. The van der Waals surface area contributed by atoms with E-state index in [-0.39, 0.29) is 5.91 Å². The summed E-state index contributed by atoms with van der Waals surface area (Å²) in [5.41, 5.74) is 1.61. The number of nitrogens with two attached hydrogens (primary N) is 1. The summed E-state index contributed by atoms with van der Waals surface area (Å²) in [4.78, 5) is 15.4. The molecule has 0 saturated carbocycles. The van der Waals surface area contributed by atoms with Crippen LogP contribution in [-0.2, 0) is 4.79 Å². The van der Waals surface area contributed by atoms with Gasteiger partial charge in [0.25, 0.3) is 0 Å². The van der Waals surface area contributed by atoms with Crippen LogP contribution in [-0.4, -0.2) is 53.0 Å². The number of carbonyl (C=O) groups is 1. The highest BCUT2D eigenvalue weighted by Gasteiger charge is 2.30. The lowest BCUT2D eigenvalue weighted by atomic mass is 10.1. The molecular weight excluding hydrogens is 426 g/mol. The molecule has 1 aromatic heterocycles. The molecule has 1 aliphatic rings. The Bertz CT molecular complexity index is 1070. The predicted molar refractivity (Wildman–Crippen MR) is 124 cm³/mol. The molecule has 1 atom stereocenters. The Morgan fingerprint density at radius 3 is 2.47 bits per heavy atom. The largest absolute Gasteiger partial charge is 0.497 e. The minimum Gasteiger partial charge on any atom is -0.497 e. The number of hydrogen-bond donors (Lipinski definition) is 1. The van der Waals surface area contributed by atoms with Gasteiger partial charge >= 0.3 is 0 Å². The number of benzene rings is 2. The summed E-state index contributed by atoms with van der Waals surface area (Å²) in [5.74, 6) is 8.16. The van der Waals surface area contributed by atoms with E-state index < -0.39 is 5.25 Å². The van der Waals surface area contributed by atoms with Crippen LogP contribution in [0.2, 0.25) is 0 Å². The lowest BCUT2D eigenvalue weighted by Crippen LogP contribution is -2.38. The highest BCUT2D eigenvalue weighted by molar-refractivity contribution is 8.00. The van der Waals surface area contributed by atoms with Gasteiger partial charge in [0.05, 0.1) is 19.8 Å². The number of piperidine rings is 1. The lowest BCUT2D eigenvalue weighted by molar-refractivity contribution is -0.131. The second kappa shape index (κ2) is 9.95. The molecule has 3 aromatic rings. The SMILES string of the molecule is COc1ccc(-c2nnc(SC(C(=O)N3CCCCC3)c3ccccc3)n2N)c(OC)c1. The van der Waals surface area contributed by atoms with Crippen molar-refractivity contribution in [2.24, 2.45) is 0 Å². The Kier molecular flexibility index (Phi) is 6.84. The zero-order valence-corrected chi connectivity index (χ0v) is 19.0. The van der Waals surface area contributed by atoms with Crippen molar-refractivity contribution in [3.63, 3.8) is 0 Å². The lowest BCUT2D eigenvalue weighted by Gasteiger charge is -2.30. The van der Waals surface area contributed by atoms with Crippen LogP contribution in [0.15, 0.2) is 53.7 Å². The smallest absolute Gasteiger partial charge is 0.240 e. The van der Waals surface area contributed by atoms with Crippen LogP contribution >= 0.6 is 11.8 Å². The van der Waals surface area contributed by atoms with E-state index in [1.54, 1.807) is 20.3 Å². The summed E-state index contributed by atoms with van der Waals surface area (Å²) >= 11 is 1.31. The molecule has 8 nitrogen and oxygen atoms in total. The van der Waals surface area contributed by atoms with Crippen LogP contribution in [0.1, 0.15) is 30.1 Å². The second-order valence-corrected chi connectivity index (χ2v) is 8.61. The van der Waals surface area contributed by atoms with E-state index in [0.29, 0.717) is 28.0 Å². The molecule has 0 aliphatic carbocycles. The normalized spacial score (nSPS) is 14.8. The van der Waals surface area contributed by atoms with Crippen LogP contribution in [0.4, 0.5) is 0 Å². The van der Waals surface area contributed by atoms with Crippen LogP contribution in [0.5, 0.6) is 11.5 Å². The third-order valence-corrected chi connectivity index (χ3v) is 6.73. The average molecular weight is 454 g/mol. The van der Waals surface area contributed by atoms with Gasteiger partial charge in [-0.05, 0) is 37.0 Å². The third kappa shape index (κ3) is 4.52. The van der Waals surface area contributed by atoms with Gasteiger partial charge in [-0.1, -0.05) is 42.1 Å². The number of nitrogens with zero attached hydrogens (tertiary/aromatic N) is 4. The molecule has 9 heteroatoms. The summed E-state index contributed by atoms with van der Waals surface area (Å²) < 4.78 is 12.2. The zero-order valence-electron chi connectivity index (χ0n) is 18.2. The Balaban J connectivity index is 1.65. The number of hydrogen-bond acceptors (Lipinski definition) is 7. The van der Waals surface area contributed by atoms with E-state index in [0.717, 1.165) is 37.9 Å². The van der Waals surface area contributed by atoms with Crippen molar-refractivity contribution < 1.29 is 14.3 Å². The van der Waals surface area contributed by atoms with E-state index in [4.69, 9.17) is 15.3 Å². The van der Waals surface area contributed by atoms with Crippen LogP contribution in [0, 0.1) is 0 Å². The van der Waals surface area contributed by atoms with Crippen molar-refractivity contribution in [1.29, 1.82) is 0 Å². The molecule has 1 amide bonds. The van der Waals surface area contributed by atoms with Crippen molar-refractivity contribution in [2.45, 2.75) is 29.7 Å². The van der Waals surface area contributed by atoms with Crippen molar-refractivity contribution >= 4 is 17.7 Å². The molecule has 1 saturated heterocycles. The van der Waals surface area contributed by atoms with Gasteiger partial charge in [-0.2, -0.15) is 0 Å². The fraction of sp³-hybridized carbons (Fsp3) is 0.348. The van der Waals surface area contributed by atoms with Crippen LogP contribution in [0.25, 0.3) is 11.4 Å². The average Bonchev–Trinajstić information content (AvgIpc) is 3.22.